The summed E-state index contributed by atoms with van der Waals surface area (Å²) in [7, 11) is 3.54. The fraction of sp³-hybridized carbons (Fsp3) is 0.316. The molecule has 0 saturated carbocycles. The van der Waals surface area contributed by atoms with Crippen molar-refractivity contribution in [3.8, 4) is 5.75 Å². The van der Waals surface area contributed by atoms with Crippen LogP contribution in [-0.4, -0.2) is 31.5 Å². The molecule has 0 atom stereocenters. The van der Waals surface area contributed by atoms with E-state index < -0.39 is 0 Å². The van der Waals surface area contributed by atoms with E-state index in [2.05, 4.69) is 36.5 Å². The number of benzene rings is 2. The van der Waals surface area contributed by atoms with Gasteiger partial charge in [0.2, 0.25) is 5.91 Å². The first kappa shape index (κ1) is 17.0. The van der Waals surface area contributed by atoms with Gasteiger partial charge in [-0.15, -0.1) is 0 Å². The molecule has 0 fully saturated rings. The second-order valence-corrected chi connectivity index (χ2v) is 5.91. The largest absolute Gasteiger partial charge is 0.495 e. The normalized spacial score (nSPS) is 10.7. The van der Waals surface area contributed by atoms with E-state index in [0.29, 0.717) is 18.0 Å². The average Bonchev–Trinajstić information content (AvgIpc) is 2.49. The first-order valence-electron chi connectivity index (χ1n) is 7.66. The van der Waals surface area contributed by atoms with Gasteiger partial charge < -0.3 is 10.1 Å². The zero-order valence-electron chi connectivity index (χ0n) is 14.2. The summed E-state index contributed by atoms with van der Waals surface area (Å²) in [5.74, 6) is 0.619. The molecule has 4 heteroatoms. The number of anilines is 1. The fourth-order valence-electron chi connectivity index (χ4n) is 2.42. The molecule has 1 N–H and O–H groups in total. The summed E-state index contributed by atoms with van der Waals surface area (Å²) in [5, 5.41) is 2.92. The van der Waals surface area contributed by atoms with Gasteiger partial charge in [-0.25, -0.2) is 0 Å². The highest BCUT2D eigenvalue weighted by atomic mass is 16.5. The van der Waals surface area contributed by atoms with E-state index in [1.807, 2.05) is 37.1 Å². The highest BCUT2D eigenvalue weighted by molar-refractivity contribution is 5.93. The van der Waals surface area contributed by atoms with Crippen molar-refractivity contribution in [3.05, 3.63) is 59.2 Å². The van der Waals surface area contributed by atoms with E-state index in [1.54, 1.807) is 7.11 Å². The molecule has 0 unspecified atom stereocenters. The number of carbonyl (C=O) groups excluding carboxylic acids is 1. The van der Waals surface area contributed by atoms with E-state index in [9.17, 15) is 4.79 Å². The van der Waals surface area contributed by atoms with Crippen molar-refractivity contribution >= 4 is 11.6 Å². The van der Waals surface area contributed by atoms with Gasteiger partial charge in [0.15, 0.2) is 0 Å². The number of rotatable bonds is 6. The third-order valence-corrected chi connectivity index (χ3v) is 3.62. The van der Waals surface area contributed by atoms with Crippen molar-refractivity contribution in [1.29, 1.82) is 0 Å². The summed E-state index contributed by atoms with van der Waals surface area (Å²) in [6.07, 6.45) is 0. The van der Waals surface area contributed by atoms with Gasteiger partial charge in [0, 0.05) is 6.54 Å². The molecule has 4 nitrogen and oxygen atoms in total. The molecule has 0 bridgehead atoms. The van der Waals surface area contributed by atoms with Crippen LogP contribution in [0, 0.1) is 13.8 Å². The molecule has 0 aliphatic heterocycles. The van der Waals surface area contributed by atoms with E-state index in [4.69, 9.17) is 4.74 Å². The Bertz CT molecular complexity index is 666. The Hall–Kier alpha value is -2.33. The molecule has 1 amide bonds. The summed E-state index contributed by atoms with van der Waals surface area (Å²) in [6.45, 7) is 5.11. The molecule has 0 aliphatic rings. The minimum absolute atomic E-state index is 0.0523. The van der Waals surface area contributed by atoms with Gasteiger partial charge in [-0.05, 0) is 44.2 Å². The van der Waals surface area contributed by atoms with Crippen molar-refractivity contribution in [3.63, 3.8) is 0 Å². The number of hydrogen-bond donors (Lipinski definition) is 1. The second kappa shape index (κ2) is 7.79. The lowest BCUT2D eigenvalue weighted by molar-refractivity contribution is -0.117. The van der Waals surface area contributed by atoms with Gasteiger partial charge in [-0.1, -0.05) is 35.9 Å². The zero-order chi connectivity index (χ0) is 16.8. The minimum Gasteiger partial charge on any atom is -0.495 e. The summed E-state index contributed by atoms with van der Waals surface area (Å²) in [5.41, 5.74) is 4.22. The molecule has 0 spiro atoms. The van der Waals surface area contributed by atoms with Crippen LogP contribution in [0.3, 0.4) is 0 Å². The number of ether oxygens (including phenoxy) is 1. The van der Waals surface area contributed by atoms with Crippen LogP contribution in [0.15, 0.2) is 42.5 Å². The van der Waals surface area contributed by atoms with Gasteiger partial charge in [0.05, 0.1) is 19.3 Å². The number of likely N-dealkylation sites (N-methyl/N-ethyl adjacent to an activating group) is 1. The summed E-state index contributed by atoms with van der Waals surface area (Å²) in [4.78, 5) is 14.2. The number of nitrogens with one attached hydrogen (secondary N) is 1. The predicted octanol–water partition coefficient (Wildman–Crippen LogP) is 3.38. The van der Waals surface area contributed by atoms with Gasteiger partial charge in [0.25, 0.3) is 0 Å². The lowest BCUT2D eigenvalue weighted by Crippen LogP contribution is -2.30. The first-order valence-corrected chi connectivity index (χ1v) is 7.66. The molecule has 23 heavy (non-hydrogen) atoms. The van der Waals surface area contributed by atoms with Gasteiger partial charge in [0.1, 0.15) is 5.75 Å². The quantitative estimate of drug-likeness (QED) is 0.889. The molecule has 0 aliphatic carbocycles. The Morgan fingerprint density at radius 1 is 1.09 bits per heavy atom. The van der Waals surface area contributed by atoms with Crippen LogP contribution in [0.2, 0.25) is 0 Å². The van der Waals surface area contributed by atoms with Crippen LogP contribution in [0.4, 0.5) is 5.69 Å². The maximum absolute atomic E-state index is 12.2. The highest BCUT2D eigenvalue weighted by Crippen LogP contribution is 2.25. The maximum atomic E-state index is 12.2. The van der Waals surface area contributed by atoms with Crippen molar-refractivity contribution in [1.82, 2.24) is 4.90 Å². The predicted molar refractivity (Wildman–Crippen MR) is 93.9 cm³/mol. The molecule has 2 rings (SSSR count). The number of carbonyl (C=O) groups is 1. The summed E-state index contributed by atoms with van der Waals surface area (Å²) >= 11 is 0. The Morgan fingerprint density at radius 2 is 1.74 bits per heavy atom. The standard InChI is InChI=1S/C19H24N2O2/c1-14-5-8-16(9-6-14)12-21(3)13-19(22)20-17-11-15(2)7-10-18(17)23-4/h5-11H,12-13H2,1-4H3,(H,20,22). The van der Waals surface area contributed by atoms with Crippen LogP contribution < -0.4 is 10.1 Å². The molecule has 2 aromatic rings. The average molecular weight is 312 g/mol. The van der Waals surface area contributed by atoms with E-state index >= 15 is 0 Å². The monoisotopic (exact) mass is 312 g/mol. The number of amides is 1. The first-order chi connectivity index (χ1) is 11.0. The fourth-order valence-corrected chi connectivity index (χ4v) is 2.42. The Kier molecular flexibility index (Phi) is 5.77. The van der Waals surface area contributed by atoms with Crippen molar-refractivity contribution in [2.24, 2.45) is 0 Å². The minimum atomic E-state index is -0.0523. The molecule has 0 heterocycles. The molecule has 2 aromatic carbocycles. The molecule has 0 radical (unpaired) electrons. The molecular weight excluding hydrogens is 288 g/mol. The molecule has 0 saturated heterocycles. The van der Waals surface area contributed by atoms with Gasteiger partial charge in [-0.3, -0.25) is 9.69 Å². The van der Waals surface area contributed by atoms with Crippen molar-refractivity contribution < 1.29 is 9.53 Å². The topological polar surface area (TPSA) is 41.6 Å². The Morgan fingerprint density at radius 3 is 2.39 bits per heavy atom. The number of nitrogens with zero attached hydrogens (tertiary/aromatic N) is 1. The van der Waals surface area contributed by atoms with Crippen LogP contribution >= 0.6 is 0 Å². The van der Waals surface area contributed by atoms with Crippen molar-refractivity contribution in [2.45, 2.75) is 20.4 Å². The highest BCUT2D eigenvalue weighted by Gasteiger charge is 2.10. The lowest BCUT2D eigenvalue weighted by atomic mass is 10.1. The Labute approximate surface area is 138 Å². The van der Waals surface area contributed by atoms with E-state index in [0.717, 1.165) is 12.1 Å². The molecule has 0 aromatic heterocycles. The molecular formula is C19H24N2O2. The number of hydrogen-bond acceptors (Lipinski definition) is 3. The van der Waals surface area contributed by atoms with E-state index in [-0.39, 0.29) is 5.91 Å². The third-order valence-electron chi connectivity index (χ3n) is 3.62. The zero-order valence-corrected chi connectivity index (χ0v) is 14.2. The number of methoxy groups -OCH3 is 1. The van der Waals surface area contributed by atoms with Crippen LogP contribution in [0.25, 0.3) is 0 Å². The van der Waals surface area contributed by atoms with Gasteiger partial charge in [-0.2, -0.15) is 0 Å². The SMILES string of the molecule is COc1ccc(C)cc1NC(=O)CN(C)Cc1ccc(C)cc1. The van der Waals surface area contributed by atoms with Crippen LogP contribution in [-0.2, 0) is 11.3 Å². The van der Waals surface area contributed by atoms with Crippen LogP contribution in [0.1, 0.15) is 16.7 Å². The summed E-state index contributed by atoms with van der Waals surface area (Å²) in [6, 6.07) is 14.1. The Balaban J connectivity index is 1.94. The van der Waals surface area contributed by atoms with Crippen LogP contribution in [0.5, 0.6) is 5.75 Å². The lowest BCUT2D eigenvalue weighted by Gasteiger charge is -2.17. The number of aryl methyl sites for hydroxylation is 2. The molecule has 122 valence electrons. The smallest absolute Gasteiger partial charge is 0.238 e. The van der Waals surface area contributed by atoms with Gasteiger partial charge >= 0.3 is 0 Å². The second-order valence-electron chi connectivity index (χ2n) is 5.91. The summed E-state index contributed by atoms with van der Waals surface area (Å²) < 4.78 is 5.28. The van der Waals surface area contributed by atoms with Crippen molar-refractivity contribution in [2.75, 3.05) is 26.0 Å². The maximum Gasteiger partial charge on any atom is 0.238 e. The third kappa shape index (κ3) is 5.11. The van der Waals surface area contributed by atoms with E-state index in [1.165, 1.54) is 11.1 Å².